The van der Waals surface area contributed by atoms with Crippen LogP contribution in [0.25, 0.3) is 0 Å². The van der Waals surface area contributed by atoms with Crippen molar-refractivity contribution in [2.45, 2.75) is 11.8 Å². The molecule has 1 aromatic rings. The van der Waals surface area contributed by atoms with E-state index in [0.717, 1.165) is 16.5 Å². The maximum Gasteiger partial charge on any atom is 0.271 e. The van der Waals surface area contributed by atoms with Crippen LogP contribution in [0.15, 0.2) is 52.8 Å². The topological polar surface area (TPSA) is 0 Å². The molecule has 3 heteroatoms. The predicted octanol–water partition coefficient (Wildman–Crippen LogP) is 4.38. The third-order valence-electron chi connectivity index (χ3n) is 1.54. The van der Waals surface area contributed by atoms with E-state index in [4.69, 9.17) is 0 Å². The summed E-state index contributed by atoms with van der Waals surface area (Å²) in [5, 5.41) is 0. The Morgan fingerprint density at radius 3 is 2.36 bits per heavy atom. The quantitative estimate of drug-likeness (QED) is 0.529. The van der Waals surface area contributed by atoms with Crippen molar-refractivity contribution in [3.05, 3.63) is 53.5 Å². The van der Waals surface area contributed by atoms with Gasteiger partial charge in [0.2, 0.25) is 0 Å². The normalized spacial score (nSPS) is 9.64. The van der Waals surface area contributed by atoms with Gasteiger partial charge < -0.3 is 0 Å². The van der Waals surface area contributed by atoms with Gasteiger partial charge in [-0.1, -0.05) is 36.0 Å². The van der Waals surface area contributed by atoms with Crippen LogP contribution in [0.1, 0.15) is 5.56 Å². The van der Waals surface area contributed by atoms with Crippen LogP contribution < -0.4 is 0 Å². The summed E-state index contributed by atoms with van der Waals surface area (Å²) < 4.78 is 23.7. The fourth-order valence-electron chi connectivity index (χ4n) is 0.909. The Balaban J connectivity index is 2.66. The molecule has 1 rings (SSSR count). The number of benzene rings is 1. The monoisotopic (exact) mass is 212 g/mol. The van der Waals surface area contributed by atoms with Gasteiger partial charge >= 0.3 is 0 Å². The molecule has 0 radical (unpaired) electrons. The molecule has 0 aromatic heterocycles. The smallest absolute Gasteiger partial charge is 0.173 e. The molecule has 14 heavy (non-hydrogen) atoms. The summed E-state index contributed by atoms with van der Waals surface area (Å²) in [6.07, 6.45) is -0.945. The Kier molecular flexibility index (Phi) is 3.89. The summed E-state index contributed by atoms with van der Waals surface area (Å²) in [4.78, 5) is 1.26. The Morgan fingerprint density at radius 2 is 1.86 bits per heavy atom. The predicted molar refractivity (Wildman–Crippen MR) is 56.5 cm³/mol. The average Bonchev–Trinajstić information content (AvgIpc) is 2.07. The summed E-state index contributed by atoms with van der Waals surface area (Å²) in [6, 6.07) is 7.64. The SMILES string of the molecule is C=C(C=C(F)F)Sc1ccc(C)cc1. The fourth-order valence-corrected chi connectivity index (χ4v) is 1.63. The zero-order chi connectivity index (χ0) is 10.6. The van der Waals surface area contributed by atoms with Crippen molar-refractivity contribution >= 4 is 11.8 Å². The summed E-state index contributed by atoms with van der Waals surface area (Å²) >= 11 is 1.23. The van der Waals surface area contributed by atoms with E-state index in [-0.39, 0.29) is 0 Å². The lowest BCUT2D eigenvalue weighted by atomic mass is 10.2. The molecular formula is C11H10F2S. The Morgan fingerprint density at radius 1 is 1.29 bits per heavy atom. The zero-order valence-corrected chi connectivity index (χ0v) is 8.57. The summed E-state index contributed by atoms with van der Waals surface area (Å²) in [5.41, 5.74) is 1.15. The number of hydrogen-bond acceptors (Lipinski definition) is 1. The number of halogens is 2. The lowest BCUT2D eigenvalue weighted by Crippen LogP contribution is -1.74. The maximum absolute atomic E-state index is 11.8. The van der Waals surface area contributed by atoms with Crippen LogP contribution in [0.3, 0.4) is 0 Å². The zero-order valence-electron chi connectivity index (χ0n) is 7.76. The second-order valence-corrected chi connectivity index (χ2v) is 4.02. The molecule has 0 bridgehead atoms. The maximum atomic E-state index is 11.8. The standard InChI is InChI=1S/C11H10F2S/c1-8-3-5-10(6-4-8)14-9(2)7-11(12)13/h3-7H,2H2,1H3. The van der Waals surface area contributed by atoms with Crippen molar-refractivity contribution < 1.29 is 8.78 Å². The number of allylic oxidation sites excluding steroid dienone is 1. The highest BCUT2D eigenvalue weighted by atomic mass is 32.2. The van der Waals surface area contributed by atoms with E-state index in [2.05, 4.69) is 6.58 Å². The molecule has 0 aliphatic rings. The molecule has 0 aliphatic carbocycles. The average molecular weight is 212 g/mol. The Hall–Kier alpha value is -1.09. The van der Waals surface area contributed by atoms with E-state index >= 15 is 0 Å². The van der Waals surface area contributed by atoms with Crippen molar-refractivity contribution in [3.63, 3.8) is 0 Å². The number of aryl methyl sites for hydroxylation is 1. The molecule has 74 valence electrons. The highest BCUT2D eigenvalue weighted by molar-refractivity contribution is 8.03. The van der Waals surface area contributed by atoms with Gasteiger partial charge in [0.25, 0.3) is 6.08 Å². The lowest BCUT2D eigenvalue weighted by Gasteiger charge is -2.00. The molecule has 0 heterocycles. The second-order valence-electron chi connectivity index (χ2n) is 2.82. The van der Waals surface area contributed by atoms with Gasteiger partial charge in [-0.05, 0) is 19.1 Å². The van der Waals surface area contributed by atoms with E-state index < -0.39 is 6.08 Å². The molecule has 0 N–H and O–H groups in total. The van der Waals surface area contributed by atoms with Gasteiger partial charge in [0.05, 0.1) is 0 Å². The molecule has 0 unspecified atom stereocenters. The summed E-state index contributed by atoms with van der Waals surface area (Å²) in [5.74, 6) is 0. The van der Waals surface area contributed by atoms with Gasteiger partial charge in [0.1, 0.15) is 0 Å². The van der Waals surface area contributed by atoms with Crippen LogP contribution in [-0.2, 0) is 0 Å². The van der Waals surface area contributed by atoms with Gasteiger partial charge in [-0.25, -0.2) is 0 Å². The van der Waals surface area contributed by atoms with Gasteiger partial charge in [0, 0.05) is 15.9 Å². The van der Waals surface area contributed by atoms with E-state index in [1.807, 2.05) is 31.2 Å². The van der Waals surface area contributed by atoms with Crippen molar-refractivity contribution in [1.29, 1.82) is 0 Å². The van der Waals surface area contributed by atoms with Crippen molar-refractivity contribution in [3.8, 4) is 0 Å². The van der Waals surface area contributed by atoms with Crippen LogP contribution in [-0.4, -0.2) is 0 Å². The third kappa shape index (κ3) is 3.75. The lowest BCUT2D eigenvalue weighted by molar-refractivity contribution is 0.422. The Bertz CT molecular complexity index is 348. The highest BCUT2D eigenvalue weighted by Gasteiger charge is 1.97. The first-order valence-corrected chi connectivity index (χ1v) is 4.85. The van der Waals surface area contributed by atoms with Gasteiger partial charge in [-0.2, -0.15) is 8.78 Å². The van der Waals surface area contributed by atoms with E-state index in [0.29, 0.717) is 4.91 Å². The van der Waals surface area contributed by atoms with E-state index in [9.17, 15) is 8.78 Å². The van der Waals surface area contributed by atoms with Gasteiger partial charge in [0.15, 0.2) is 0 Å². The molecule has 0 atom stereocenters. The minimum Gasteiger partial charge on any atom is -0.173 e. The van der Waals surface area contributed by atoms with Gasteiger partial charge in [-0.3, -0.25) is 0 Å². The summed E-state index contributed by atoms with van der Waals surface area (Å²) in [6.45, 7) is 5.50. The largest absolute Gasteiger partial charge is 0.271 e. The Labute approximate surface area is 86.3 Å². The summed E-state index contributed by atoms with van der Waals surface area (Å²) in [7, 11) is 0. The number of rotatable bonds is 3. The molecule has 0 nitrogen and oxygen atoms in total. The van der Waals surface area contributed by atoms with Gasteiger partial charge in [-0.15, -0.1) is 0 Å². The van der Waals surface area contributed by atoms with E-state index in [1.165, 1.54) is 11.8 Å². The van der Waals surface area contributed by atoms with Crippen LogP contribution in [0.2, 0.25) is 0 Å². The number of hydrogen-bond donors (Lipinski definition) is 0. The van der Waals surface area contributed by atoms with Crippen LogP contribution >= 0.6 is 11.8 Å². The first-order valence-electron chi connectivity index (χ1n) is 4.04. The highest BCUT2D eigenvalue weighted by Crippen LogP contribution is 2.27. The van der Waals surface area contributed by atoms with Crippen molar-refractivity contribution in [1.82, 2.24) is 0 Å². The first-order chi connectivity index (χ1) is 6.58. The second kappa shape index (κ2) is 4.96. The van der Waals surface area contributed by atoms with E-state index in [1.54, 1.807) is 0 Å². The van der Waals surface area contributed by atoms with Crippen LogP contribution in [0.4, 0.5) is 8.78 Å². The minimum absolute atomic E-state index is 0.342. The fraction of sp³-hybridized carbons (Fsp3) is 0.0909. The molecule has 0 aliphatic heterocycles. The van der Waals surface area contributed by atoms with Crippen LogP contribution in [0, 0.1) is 6.92 Å². The van der Waals surface area contributed by atoms with Crippen molar-refractivity contribution in [2.24, 2.45) is 0 Å². The molecule has 0 amide bonds. The third-order valence-corrected chi connectivity index (χ3v) is 2.43. The molecule has 0 fully saturated rings. The molecule has 0 spiro atoms. The van der Waals surface area contributed by atoms with Crippen molar-refractivity contribution in [2.75, 3.05) is 0 Å². The molecular weight excluding hydrogens is 202 g/mol. The van der Waals surface area contributed by atoms with Crippen LogP contribution in [0.5, 0.6) is 0 Å². The minimum atomic E-state index is -1.71. The molecule has 0 saturated heterocycles. The first kappa shape index (κ1) is 11.0. The number of thioether (sulfide) groups is 1. The molecule has 0 saturated carbocycles. The molecule has 1 aromatic carbocycles.